The number of carbonyl (C=O) groups is 1. The Kier molecular flexibility index (Phi) is 5.45. The predicted molar refractivity (Wildman–Crippen MR) is 71.5 cm³/mol. The van der Waals surface area contributed by atoms with Gasteiger partial charge in [-0.25, -0.2) is 0 Å². The monoisotopic (exact) mass is 254 g/mol. The van der Waals surface area contributed by atoms with Crippen molar-refractivity contribution in [3.8, 4) is 0 Å². The minimum Gasteiger partial charge on any atom is -0.378 e. The number of ether oxygens (including phenoxy) is 1. The molecule has 0 radical (unpaired) electrons. The van der Waals surface area contributed by atoms with E-state index < -0.39 is 0 Å². The molecule has 2 saturated heterocycles. The summed E-state index contributed by atoms with van der Waals surface area (Å²) in [6.45, 7) is 5.80. The van der Waals surface area contributed by atoms with Crippen molar-refractivity contribution in [1.29, 1.82) is 0 Å². The number of nitrogens with zero attached hydrogens (tertiary/aromatic N) is 1. The highest BCUT2D eigenvalue weighted by Gasteiger charge is 2.25. The molecule has 2 heterocycles. The Labute approximate surface area is 110 Å². The average molecular weight is 254 g/mol. The first-order valence-electron chi connectivity index (χ1n) is 7.42. The van der Waals surface area contributed by atoms with Crippen LogP contribution < -0.4 is 5.32 Å². The maximum atomic E-state index is 12.2. The fraction of sp³-hybridized carbons (Fsp3) is 0.929. The summed E-state index contributed by atoms with van der Waals surface area (Å²) in [4.78, 5) is 14.2. The minimum absolute atomic E-state index is 0.178. The number of likely N-dealkylation sites (tertiary alicyclic amines) is 1. The molecule has 0 aromatic rings. The van der Waals surface area contributed by atoms with Crippen molar-refractivity contribution in [1.82, 2.24) is 10.2 Å². The van der Waals surface area contributed by atoms with Gasteiger partial charge >= 0.3 is 0 Å². The van der Waals surface area contributed by atoms with Gasteiger partial charge in [-0.1, -0.05) is 6.92 Å². The summed E-state index contributed by atoms with van der Waals surface area (Å²) in [6.07, 6.45) is 6.36. The van der Waals surface area contributed by atoms with E-state index in [0.29, 0.717) is 12.5 Å². The summed E-state index contributed by atoms with van der Waals surface area (Å²) >= 11 is 0. The summed E-state index contributed by atoms with van der Waals surface area (Å²) < 4.78 is 5.64. The van der Waals surface area contributed by atoms with Gasteiger partial charge in [0.15, 0.2) is 0 Å². The van der Waals surface area contributed by atoms with E-state index in [2.05, 4.69) is 12.2 Å². The average Bonchev–Trinajstić information content (AvgIpc) is 2.41. The largest absolute Gasteiger partial charge is 0.378 e. The third-order valence-electron chi connectivity index (χ3n) is 4.02. The van der Waals surface area contributed by atoms with Crippen molar-refractivity contribution in [2.45, 2.75) is 57.6 Å². The van der Waals surface area contributed by atoms with Crippen molar-refractivity contribution in [3.63, 3.8) is 0 Å². The lowest BCUT2D eigenvalue weighted by atomic mass is 10.0. The minimum atomic E-state index is 0.178. The van der Waals surface area contributed by atoms with Crippen LogP contribution in [0.3, 0.4) is 0 Å². The van der Waals surface area contributed by atoms with Gasteiger partial charge in [0.05, 0.1) is 12.5 Å². The van der Waals surface area contributed by atoms with E-state index in [4.69, 9.17) is 4.74 Å². The Bertz CT molecular complexity index is 257. The summed E-state index contributed by atoms with van der Waals surface area (Å²) in [5.74, 6) is 0.289. The lowest BCUT2D eigenvalue weighted by molar-refractivity contribution is -0.136. The zero-order valence-electron chi connectivity index (χ0n) is 11.5. The van der Waals surface area contributed by atoms with E-state index in [1.807, 2.05) is 4.90 Å². The molecule has 2 aliphatic heterocycles. The maximum absolute atomic E-state index is 12.2. The van der Waals surface area contributed by atoms with Gasteiger partial charge in [-0.3, -0.25) is 4.79 Å². The van der Waals surface area contributed by atoms with E-state index in [0.717, 1.165) is 51.9 Å². The second-order valence-corrected chi connectivity index (χ2v) is 5.41. The van der Waals surface area contributed by atoms with Crippen LogP contribution in [-0.4, -0.2) is 49.2 Å². The molecule has 2 aliphatic rings. The fourth-order valence-electron chi connectivity index (χ4n) is 2.91. The van der Waals surface area contributed by atoms with Crippen LogP contribution in [0.4, 0.5) is 0 Å². The number of carbonyl (C=O) groups excluding carboxylic acids is 1. The second-order valence-electron chi connectivity index (χ2n) is 5.41. The molecule has 4 heteroatoms. The van der Waals surface area contributed by atoms with Gasteiger partial charge in [0.2, 0.25) is 5.91 Å². The van der Waals surface area contributed by atoms with Crippen LogP contribution in [0.2, 0.25) is 0 Å². The smallest absolute Gasteiger partial charge is 0.225 e. The van der Waals surface area contributed by atoms with Gasteiger partial charge in [0.25, 0.3) is 0 Å². The van der Waals surface area contributed by atoms with E-state index in [1.54, 1.807) is 0 Å². The normalized spacial score (nSPS) is 26.3. The number of nitrogens with one attached hydrogen (secondary N) is 1. The van der Waals surface area contributed by atoms with E-state index >= 15 is 0 Å². The van der Waals surface area contributed by atoms with Crippen LogP contribution in [0.15, 0.2) is 0 Å². The summed E-state index contributed by atoms with van der Waals surface area (Å²) in [6, 6.07) is 0.602. The predicted octanol–water partition coefficient (Wildman–Crippen LogP) is 1.55. The van der Waals surface area contributed by atoms with Gasteiger partial charge in [-0.05, 0) is 38.6 Å². The number of rotatable bonds is 4. The van der Waals surface area contributed by atoms with Crippen LogP contribution >= 0.6 is 0 Å². The molecule has 4 nitrogen and oxygen atoms in total. The highest BCUT2D eigenvalue weighted by molar-refractivity contribution is 5.76. The number of amides is 1. The van der Waals surface area contributed by atoms with Crippen molar-refractivity contribution in [3.05, 3.63) is 0 Å². The lowest BCUT2D eigenvalue weighted by Gasteiger charge is -2.33. The standard InChI is InChI=1S/C14H26N2O2/c1-2-15-12-6-8-16(9-7-12)14(17)11-13-5-3-4-10-18-13/h12-13,15H,2-11H2,1H3. The Hall–Kier alpha value is -0.610. The van der Waals surface area contributed by atoms with Gasteiger partial charge in [0.1, 0.15) is 0 Å². The van der Waals surface area contributed by atoms with E-state index in [-0.39, 0.29) is 12.0 Å². The van der Waals surface area contributed by atoms with Crippen molar-refractivity contribution in [2.75, 3.05) is 26.2 Å². The van der Waals surface area contributed by atoms with Crippen molar-refractivity contribution >= 4 is 5.91 Å². The van der Waals surface area contributed by atoms with Crippen LogP contribution in [0.5, 0.6) is 0 Å². The Morgan fingerprint density at radius 3 is 2.67 bits per heavy atom. The fourth-order valence-corrected chi connectivity index (χ4v) is 2.91. The zero-order valence-corrected chi connectivity index (χ0v) is 11.5. The Balaban J connectivity index is 1.70. The Morgan fingerprint density at radius 1 is 1.28 bits per heavy atom. The molecule has 0 saturated carbocycles. The number of hydrogen-bond acceptors (Lipinski definition) is 3. The molecule has 0 aromatic carbocycles. The first-order chi connectivity index (χ1) is 8.79. The number of hydrogen-bond donors (Lipinski definition) is 1. The molecule has 1 unspecified atom stereocenters. The molecule has 18 heavy (non-hydrogen) atoms. The van der Waals surface area contributed by atoms with Gasteiger partial charge in [0, 0.05) is 25.7 Å². The molecule has 104 valence electrons. The van der Waals surface area contributed by atoms with Crippen LogP contribution in [0.1, 0.15) is 45.4 Å². The third-order valence-corrected chi connectivity index (χ3v) is 4.02. The maximum Gasteiger partial charge on any atom is 0.225 e. The van der Waals surface area contributed by atoms with Crippen molar-refractivity contribution < 1.29 is 9.53 Å². The molecular formula is C14H26N2O2. The first-order valence-corrected chi connectivity index (χ1v) is 7.42. The quantitative estimate of drug-likeness (QED) is 0.827. The first kappa shape index (κ1) is 13.8. The topological polar surface area (TPSA) is 41.6 Å². The van der Waals surface area contributed by atoms with E-state index in [9.17, 15) is 4.79 Å². The van der Waals surface area contributed by atoms with Gasteiger partial charge < -0.3 is 15.0 Å². The summed E-state index contributed by atoms with van der Waals surface area (Å²) in [5.41, 5.74) is 0. The molecule has 0 aliphatic carbocycles. The molecule has 2 fully saturated rings. The van der Waals surface area contributed by atoms with E-state index in [1.165, 1.54) is 6.42 Å². The SMILES string of the molecule is CCNC1CCN(C(=O)CC2CCCCO2)CC1. The van der Waals surface area contributed by atoms with Gasteiger partial charge in [-0.2, -0.15) is 0 Å². The highest BCUT2D eigenvalue weighted by Crippen LogP contribution is 2.18. The molecule has 1 atom stereocenters. The lowest BCUT2D eigenvalue weighted by Crippen LogP contribution is -2.45. The van der Waals surface area contributed by atoms with Crippen LogP contribution in [-0.2, 0) is 9.53 Å². The molecule has 1 amide bonds. The highest BCUT2D eigenvalue weighted by atomic mass is 16.5. The molecule has 0 bridgehead atoms. The Morgan fingerprint density at radius 2 is 2.06 bits per heavy atom. The van der Waals surface area contributed by atoms with Gasteiger partial charge in [-0.15, -0.1) is 0 Å². The van der Waals surface area contributed by atoms with Crippen molar-refractivity contribution in [2.24, 2.45) is 0 Å². The zero-order chi connectivity index (χ0) is 12.8. The van der Waals surface area contributed by atoms with Crippen LogP contribution in [0, 0.1) is 0 Å². The molecule has 0 spiro atoms. The molecule has 1 N–H and O–H groups in total. The summed E-state index contributed by atoms with van der Waals surface area (Å²) in [5, 5.41) is 3.46. The molecular weight excluding hydrogens is 228 g/mol. The molecule has 0 aromatic heterocycles. The summed E-state index contributed by atoms with van der Waals surface area (Å²) in [7, 11) is 0. The second kappa shape index (κ2) is 7.10. The number of piperidine rings is 1. The van der Waals surface area contributed by atoms with Crippen LogP contribution in [0.25, 0.3) is 0 Å². The third kappa shape index (κ3) is 3.95. The molecule has 2 rings (SSSR count).